The molecule has 0 aromatic heterocycles. The second-order valence-corrected chi connectivity index (χ2v) is 7.31. The number of ether oxygens (including phenoxy) is 2. The van der Waals surface area contributed by atoms with Gasteiger partial charge in [-0.3, -0.25) is 0 Å². The number of methoxy groups -OCH3 is 1. The molecule has 0 fully saturated rings. The van der Waals surface area contributed by atoms with Crippen LogP contribution in [-0.4, -0.2) is 35.5 Å². The molecule has 0 spiro atoms. The number of esters is 1. The Balaban J connectivity index is 3.01. The number of benzene rings is 1. The quantitative estimate of drug-likeness (QED) is 0.455. The van der Waals surface area contributed by atoms with E-state index in [0.717, 1.165) is 18.4 Å². The maximum Gasteiger partial charge on any atom is 0.338 e. The maximum atomic E-state index is 12.6. The van der Waals surface area contributed by atoms with Crippen molar-refractivity contribution < 1.29 is 24.5 Å². The van der Waals surface area contributed by atoms with E-state index in [1.54, 1.807) is 0 Å². The number of hydrogen-bond donors (Lipinski definition) is 2. The van der Waals surface area contributed by atoms with Gasteiger partial charge in [0.25, 0.3) is 0 Å². The zero-order valence-corrected chi connectivity index (χ0v) is 17.4. The van der Waals surface area contributed by atoms with Gasteiger partial charge in [-0.05, 0) is 43.9 Å². The van der Waals surface area contributed by atoms with Gasteiger partial charge in [0.2, 0.25) is 0 Å². The lowest BCUT2D eigenvalue weighted by molar-refractivity contribution is -0.0232. The lowest BCUT2D eigenvalue weighted by Crippen LogP contribution is -2.37. The Hall–Kier alpha value is -2.01. The second kappa shape index (κ2) is 11.0. The number of rotatable bonds is 10. The highest BCUT2D eigenvalue weighted by Crippen LogP contribution is 2.29. The third-order valence-electron chi connectivity index (χ3n) is 4.77. The van der Waals surface area contributed by atoms with E-state index in [-0.39, 0.29) is 23.3 Å². The van der Waals surface area contributed by atoms with Crippen LogP contribution in [0.4, 0.5) is 0 Å². The maximum absolute atomic E-state index is 12.6. The Labute approximate surface area is 163 Å². The highest BCUT2D eigenvalue weighted by atomic mass is 16.5. The number of aliphatic hydroxyl groups is 1. The molecule has 0 aliphatic heterocycles. The van der Waals surface area contributed by atoms with Crippen LogP contribution >= 0.6 is 0 Å². The molecular formula is C22H34O5. The van der Waals surface area contributed by atoms with Gasteiger partial charge < -0.3 is 19.7 Å². The van der Waals surface area contributed by atoms with E-state index < -0.39 is 18.2 Å². The molecule has 0 aliphatic rings. The molecule has 0 aliphatic carbocycles. The van der Waals surface area contributed by atoms with Gasteiger partial charge in [-0.25, -0.2) is 4.79 Å². The van der Waals surface area contributed by atoms with Crippen molar-refractivity contribution in [2.45, 2.75) is 66.1 Å². The predicted molar refractivity (Wildman–Crippen MR) is 107 cm³/mol. The van der Waals surface area contributed by atoms with Crippen LogP contribution in [0.1, 0.15) is 64.2 Å². The van der Waals surface area contributed by atoms with Crippen LogP contribution < -0.4 is 4.74 Å². The van der Waals surface area contributed by atoms with E-state index in [2.05, 4.69) is 6.92 Å². The molecule has 5 nitrogen and oxygen atoms in total. The first kappa shape index (κ1) is 23.0. The Morgan fingerprint density at radius 1 is 1.26 bits per heavy atom. The summed E-state index contributed by atoms with van der Waals surface area (Å²) in [6.07, 6.45) is 3.35. The number of aliphatic hydroxyl groups excluding tert-OH is 1. The van der Waals surface area contributed by atoms with Gasteiger partial charge in [0.15, 0.2) is 11.5 Å². The van der Waals surface area contributed by atoms with Crippen LogP contribution in [0, 0.1) is 11.8 Å². The molecule has 152 valence electrons. The molecule has 0 saturated heterocycles. The van der Waals surface area contributed by atoms with Gasteiger partial charge in [0.05, 0.1) is 18.8 Å². The molecule has 1 aromatic rings. The van der Waals surface area contributed by atoms with Crippen molar-refractivity contribution in [2.75, 3.05) is 7.11 Å². The molecule has 3 atom stereocenters. The summed E-state index contributed by atoms with van der Waals surface area (Å²) in [7, 11) is 1.43. The number of carbonyl (C=O) groups is 1. The molecule has 0 saturated carbocycles. The van der Waals surface area contributed by atoms with E-state index in [1.165, 1.54) is 25.3 Å². The predicted octanol–water partition coefficient (Wildman–Crippen LogP) is 4.72. The zero-order chi connectivity index (χ0) is 20.6. The zero-order valence-electron chi connectivity index (χ0n) is 17.4. The average Bonchev–Trinajstić information content (AvgIpc) is 2.61. The number of hydrogen-bond acceptors (Lipinski definition) is 5. The molecule has 0 radical (unpaired) electrons. The molecule has 0 amide bonds. The van der Waals surface area contributed by atoms with Crippen molar-refractivity contribution in [3.8, 4) is 11.5 Å². The summed E-state index contributed by atoms with van der Waals surface area (Å²) >= 11 is 0. The normalized spacial score (nSPS) is 15.3. The van der Waals surface area contributed by atoms with Gasteiger partial charge in [-0.15, -0.1) is 0 Å². The van der Waals surface area contributed by atoms with Crippen molar-refractivity contribution in [1.29, 1.82) is 0 Å². The van der Waals surface area contributed by atoms with Crippen molar-refractivity contribution >= 4 is 5.97 Å². The summed E-state index contributed by atoms with van der Waals surface area (Å²) in [5.41, 5.74) is 1.44. The third kappa shape index (κ3) is 6.58. The van der Waals surface area contributed by atoms with Crippen molar-refractivity contribution in [3.63, 3.8) is 0 Å². The smallest absolute Gasteiger partial charge is 0.338 e. The molecule has 1 rings (SSSR count). The Morgan fingerprint density at radius 3 is 2.44 bits per heavy atom. The van der Waals surface area contributed by atoms with Crippen LogP contribution in [0.5, 0.6) is 11.5 Å². The van der Waals surface area contributed by atoms with E-state index in [1.807, 2.05) is 33.8 Å². The van der Waals surface area contributed by atoms with E-state index in [4.69, 9.17) is 9.47 Å². The summed E-state index contributed by atoms with van der Waals surface area (Å²) in [6, 6.07) is 4.36. The first-order valence-corrected chi connectivity index (χ1v) is 9.68. The number of aromatic hydroxyl groups is 1. The fourth-order valence-corrected chi connectivity index (χ4v) is 3.37. The largest absolute Gasteiger partial charge is 0.504 e. The summed E-state index contributed by atoms with van der Waals surface area (Å²) in [5.74, 6) is -0.376. The van der Waals surface area contributed by atoms with Crippen molar-refractivity contribution in [2.24, 2.45) is 11.8 Å². The highest BCUT2D eigenvalue weighted by molar-refractivity contribution is 5.90. The Bertz CT molecular complexity index is 636. The first-order valence-electron chi connectivity index (χ1n) is 9.68. The molecule has 5 heteroatoms. The summed E-state index contributed by atoms with van der Waals surface area (Å²) in [4.78, 5) is 12.6. The molecule has 0 unspecified atom stereocenters. The van der Waals surface area contributed by atoms with Crippen molar-refractivity contribution in [1.82, 2.24) is 0 Å². The van der Waals surface area contributed by atoms with E-state index in [0.29, 0.717) is 12.0 Å². The summed E-state index contributed by atoms with van der Waals surface area (Å²) in [5, 5.41) is 20.4. The summed E-state index contributed by atoms with van der Waals surface area (Å²) < 4.78 is 10.8. The molecule has 2 N–H and O–H groups in total. The van der Waals surface area contributed by atoms with Crippen LogP contribution in [0.15, 0.2) is 29.8 Å². The molecular weight excluding hydrogens is 344 g/mol. The number of allylic oxidation sites excluding steroid dienone is 1. The fraction of sp³-hybridized carbons (Fsp3) is 0.591. The SMILES string of the molecule is CCC/C(C)=C/[C@H](O)[C@H](C(C)C)[C@H](CC)OC(=O)c1ccc(O)c(OC)c1. The number of phenolic OH excluding ortho intramolecular Hbond substituents is 1. The second-order valence-electron chi connectivity index (χ2n) is 7.31. The minimum absolute atomic E-state index is 0.0342. The fourth-order valence-electron chi connectivity index (χ4n) is 3.37. The van der Waals surface area contributed by atoms with Gasteiger partial charge in [-0.1, -0.05) is 45.8 Å². The molecule has 1 aromatic carbocycles. The lowest BCUT2D eigenvalue weighted by atomic mass is 9.83. The minimum atomic E-state index is -0.677. The molecule has 0 bridgehead atoms. The minimum Gasteiger partial charge on any atom is -0.504 e. The number of phenols is 1. The Morgan fingerprint density at radius 2 is 1.93 bits per heavy atom. The standard InChI is InChI=1S/C22H34O5/c1-7-9-15(5)12-18(24)21(14(3)4)19(8-2)27-22(25)16-10-11-17(23)20(13-16)26-6/h10-14,18-19,21,23-24H,7-9H2,1-6H3/b15-12+/t18-,19-,21-/m0/s1. The Kier molecular flexibility index (Phi) is 9.36. The summed E-state index contributed by atoms with van der Waals surface area (Å²) in [6.45, 7) is 10.1. The van der Waals surface area contributed by atoms with Gasteiger partial charge >= 0.3 is 5.97 Å². The van der Waals surface area contributed by atoms with Crippen molar-refractivity contribution in [3.05, 3.63) is 35.4 Å². The topological polar surface area (TPSA) is 76.0 Å². The van der Waals surface area contributed by atoms with Crippen LogP contribution in [0.3, 0.4) is 0 Å². The lowest BCUT2D eigenvalue weighted by Gasteiger charge is -2.32. The highest BCUT2D eigenvalue weighted by Gasteiger charge is 2.32. The van der Waals surface area contributed by atoms with Crippen LogP contribution in [0.25, 0.3) is 0 Å². The van der Waals surface area contributed by atoms with E-state index >= 15 is 0 Å². The van der Waals surface area contributed by atoms with E-state index in [9.17, 15) is 15.0 Å². The third-order valence-corrected chi connectivity index (χ3v) is 4.77. The van der Waals surface area contributed by atoms with Gasteiger partial charge in [-0.2, -0.15) is 0 Å². The molecule has 0 heterocycles. The van der Waals surface area contributed by atoms with Gasteiger partial charge in [0, 0.05) is 5.92 Å². The van der Waals surface area contributed by atoms with Crippen LogP contribution in [-0.2, 0) is 4.74 Å². The molecule has 27 heavy (non-hydrogen) atoms. The van der Waals surface area contributed by atoms with Gasteiger partial charge in [0.1, 0.15) is 6.10 Å². The average molecular weight is 379 g/mol. The monoisotopic (exact) mass is 378 g/mol. The van der Waals surface area contributed by atoms with Crippen LogP contribution in [0.2, 0.25) is 0 Å². The first-order chi connectivity index (χ1) is 12.7. The number of carbonyl (C=O) groups excluding carboxylic acids is 1.